The highest BCUT2D eigenvalue weighted by atomic mass is 16.3. The van der Waals surface area contributed by atoms with Gasteiger partial charge in [-0.3, -0.25) is 4.90 Å². The Bertz CT molecular complexity index is 701. The predicted molar refractivity (Wildman–Crippen MR) is 91.6 cm³/mol. The zero-order valence-corrected chi connectivity index (χ0v) is 13.4. The van der Waals surface area contributed by atoms with E-state index < -0.39 is 0 Å². The average Bonchev–Trinajstić information content (AvgIpc) is 2.87. The summed E-state index contributed by atoms with van der Waals surface area (Å²) in [5, 5.41) is 14.4. The third kappa shape index (κ3) is 3.90. The summed E-state index contributed by atoms with van der Waals surface area (Å²) >= 11 is 0. The summed E-state index contributed by atoms with van der Waals surface area (Å²) in [6.07, 6.45) is 7.29. The molecule has 1 saturated heterocycles. The number of nitrogens with two attached hydrogens (primary N) is 1. The van der Waals surface area contributed by atoms with E-state index >= 15 is 0 Å². The van der Waals surface area contributed by atoms with Crippen LogP contribution in [0.3, 0.4) is 0 Å². The number of hydrogen-bond acceptors (Lipinski definition) is 5. The highest BCUT2D eigenvalue weighted by Crippen LogP contribution is 2.21. The van der Waals surface area contributed by atoms with Crippen LogP contribution in [0, 0.1) is 6.92 Å². The maximum Gasteiger partial charge on any atom is 0.221 e. The summed E-state index contributed by atoms with van der Waals surface area (Å²) < 4.78 is 1.55. The van der Waals surface area contributed by atoms with Gasteiger partial charge in [0.1, 0.15) is 5.75 Å². The molecule has 0 atom stereocenters. The molecule has 23 heavy (non-hydrogen) atoms. The first-order valence-corrected chi connectivity index (χ1v) is 8.02. The Morgan fingerprint density at radius 2 is 2.09 bits per heavy atom. The summed E-state index contributed by atoms with van der Waals surface area (Å²) in [4.78, 5) is 6.50. The van der Waals surface area contributed by atoms with Crippen LogP contribution in [0.2, 0.25) is 0 Å². The summed E-state index contributed by atoms with van der Waals surface area (Å²) in [6.45, 7) is 4.85. The van der Waals surface area contributed by atoms with Crippen LogP contribution in [0.1, 0.15) is 36.1 Å². The van der Waals surface area contributed by atoms with Gasteiger partial charge in [0.25, 0.3) is 0 Å². The molecule has 1 aliphatic rings. The van der Waals surface area contributed by atoms with Crippen molar-refractivity contribution in [3.63, 3.8) is 0 Å². The van der Waals surface area contributed by atoms with Crippen LogP contribution in [0.25, 0.3) is 0 Å². The second-order valence-corrected chi connectivity index (χ2v) is 6.05. The van der Waals surface area contributed by atoms with Gasteiger partial charge in [-0.05, 0) is 56.6 Å². The van der Waals surface area contributed by atoms with Crippen LogP contribution in [0.15, 0.2) is 29.5 Å². The number of phenols is 1. The Hall–Kier alpha value is -2.34. The highest BCUT2D eigenvalue weighted by molar-refractivity contribution is 5.80. The van der Waals surface area contributed by atoms with Gasteiger partial charge in [-0.15, -0.1) is 0 Å². The number of rotatable bonds is 4. The van der Waals surface area contributed by atoms with Gasteiger partial charge in [0.2, 0.25) is 5.95 Å². The number of nitrogens with zero attached hydrogens (tertiary/aromatic N) is 4. The van der Waals surface area contributed by atoms with Gasteiger partial charge in [-0.25, -0.2) is 9.66 Å². The van der Waals surface area contributed by atoms with E-state index in [1.807, 2.05) is 19.1 Å². The van der Waals surface area contributed by atoms with Crippen LogP contribution >= 0.6 is 0 Å². The Morgan fingerprint density at radius 3 is 2.78 bits per heavy atom. The van der Waals surface area contributed by atoms with Crippen molar-refractivity contribution in [3.8, 4) is 5.75 Å². The molecule has 0 unspecified atom stereocenters. The van der Waals surface area contributed by atoms with Crippen LogP contribution < -0.4 is 5.73 Å². The van der Waals surface area contributed by atoms with Gasteiger partial charge in [0.05, 0.1) is 18.1 Å². The van der Waals surface area contributed by atoms with Crippen molar-refractivity contribution in [2.75, 3.05) is 18.8 Å². The second kappa shape index (κ2) is 6.83. The molecule has 3 rings (SSSR count). The van der Waals surface area contributed by atoms with Gasteiger partial charge in [-0.1, -0.05) is 6.42 Å². The topological polar surface area (TPSA) is 79.7 Å². The molecule has 1 aliphatic heterocycles. The zero-order chi connectivity index (χ0) is 16.2. The number of piperidine rings is 1. The fraction of sp³-hybridized carbons (Fsp3) is 0.412. The van der Waals surface area contributed by atoms with Crippen LogP contribution in [0.4, 0.5) is 5.95 Å². The third-order valence-corrected chi connectivity index (χ3v) is 4.11. The molecule has 122 valence electrons. The number of phenolic OH excluding ortho intramolecular Hbond substituents is 1. The summed E-state index contributed by atoms with van der Waals surface area (Å²) in [5.41, 5.74) is 8.47. The first kappa shape index (κ1) is 15.6. The Kier molecular flexibility index (Phi) is 4.62. The summed E-state index contributed by atoms with van der Waals surface area (Å²) in [5.74, 6) is 0.705. The Balaban J connectivity index is 1.75. The summed E-state index contributed by atoms with van der Waals surface area (Å²) in [6, 6.07) is 5.55. The van der Waals surface area contributed by atoms with Crippen molar-refractivity contribution in [2.24, 2.45) is 5.10 Å². The molecule has 6 nitrogen and oxygen atoms in total. The van der Waals surface area contributed by atoms with Crippen LogP contribution in [-0.4, -0.2) is 39.0 Å². The lowest BCUT2D eigenvalue weighted by Crippen LogP contribution is -2.29. The molecule has 1 aromatic carbocycles. The molecule has 1 fully saturated rings. The minimum absolute atomic E-state index is 0.339. The number of benzene rings is 1. The van der Waals surface area contributed by atoms with Crippen molar-refractivity contribution in [1.82, 2.24) is 14.6 Å². The molecule has 0 spiro atoms. The maximum atomic E-state index is 10.1. The second-order valence-electron chi connectivity index (χ2n) is 6.05. The van der Waals surface area contributed by atoms with Crippen molar-refractivity contribution in [3.05, 3.63) is 41.2 Å². The molecule has 3 N–H and O–H groups in total. The Morgan fingerprint density at radius 1 is 1.30 bits per heavy atom. The van der Waals surface area contributed by atoms with Crippen molar-refractivity contribution < 1.29 is 5.11 Å². The number of likely N-dealkylation sites (tertiary alicyclic amines) is 1. The van der Waals surface area contributed by atoms with E-state index in [1.54, 1.807) is 23.2 Å². The van der Waals surface area contributed by atoms with E-state index in [1.165, 1.54) is 19.3 Å². The lowest BCUT2D eigenvalue weighted by atomic mass is 10.1. The van der Waals surface area contributed by atoms with Gasteiger partial charge in [0.15, 0.2) is 0 Å². The molecule has 6 heteroatoms. The van der Waals surface area contributed by atoms with Crippen molar-refractivity contribution in [2.45, 2.75) is 32.7 Å². The van der Waals surface area contributed by atoms with E-state index in [-0.39, 0.29) is 0 Å². The lowest BCUT2D eigenvalue weighted by Gasteiger charge is -2.26. The normalized spacial score (nSPS) is 16.2. The smallest absolute Gasteiger partial charge is 0.221 e. The van der Waals surface area contributed by atoms with Crippen LogP contribution in [-0.2, 0) is 6.54 Å². The summed E-state index contributed by atoms with van der Waals surface area (Å²) in [7, 11) is 0. The van der Waals surface area contributed by atoms with E-state index in [2.05, 4.69) is 15.0 Å². The first-order chi connectivity index (χ1) is 11.1. The lowest BCUT2D eigenvalue weighted by molar-refractivity contribution is 0.218. The van der Waals surface area contributed by atoms with Crippen LogP contribution in [0.5, 0.6) is 5.75 Å². The Labute approximate surface area is 136 Å². The molecule has 2 aromatic rings. The predicted octanol–water partition coefficient (Wildman–Crippen LogP) is 2.35. The molecular formula is C17H23N5O. The number of imidazole rings is 1. The van der Waals surface area contributed by atoms with Gasteiger partial charge >= 0.3 is 0 Å². The number of anilines is 1. The molecule has 0 aliphatic carbocycles. The third-order valence-electron chi connectivity index (χ3n) is 4.11. The number of aromatic nitrogens is 2. The first-order valence-electron chi connectivity index (χ1n) is 8.02. The minimum atomic E-state index is 0.339. The monoisotopic (exact) mass is 313 g/mol. The highest BCUT2D eigenvalue weighted by Gasteiger charge is 2.12. The fourth-order valence-electron chi connectivity index (χ4n) is 2.90. The van der Waals surface area contributed by atoms with E-state index in [0.717, 1.165) is 36.5 Å². The maximum absolute atomic E-state index is 10.1. The van der Waals surface area contributed by atoms with E-state index in [9.17, 15) is 5.11 Å². The fourth-order valence-corrected chi connectivity index (χ4v) is 2.90. The molecule has 1 aromatic heterocycles. The molecule has 0 saturated carbocycles. The van der Waals surface area contributed by atoms with Gasteiger partial charge in [0, 0.05) is 12.1 Å². The van der Waals surface area contributed by atoms with Crippen molar-refractivity contribution >= 4 is 12.2 Å². The van der Waals surface area contributed by atoms with Gasteiger partial charge < -0.3 is 10.8 Å². The number of aryl methyl sites for hydroxylation is 1. The van der Waals surface area contributed by atoms with Gasteiger partial charge in [-0.2, -0.15) is 5.10 Å². The SMILES string of the molecule is Cc1cn(N=Cc2ccc(O)c(CN3CCCCC3)c2)c(N)n1. The largest absolute Gasteiger partial charge is 0.508 e. The molecule has 0 amide bonds. The number of hydrogen-bond donors (Lipinski definition) is 2. The molecule has 0 bridgehead atoms. The zero-order valence-electron chi connectivity index (χ0n) is 13.4. The standard InChI is InChI=1S/C17H23N5O/c1-13-11-22(17(18)20-13)19-10-14-5-6-16(23)15(9-14)12-21-7-3-2-4-8-21/h5-6,9-11,23H,2-4,7-8,12H2,1H3,(H2,18,20). The minimum Gasteiger partial charge on any atom is -0.508 e. The molecule has 2 heterocycles. The molecule has 0 radical (unpaired) electrons. The van der Waals surface area contributed by atoms with E-state index in [4.69, 9.17) is 5.73 Å². The molecular weight excluding hydrogens is 290 g/mol. The number of nitrogen functional groups attached to an aromatic ring is 1. The van der Waals surface area contributed by atoms with E-state index in [0.29, 0.717) is 11.7 Å². The van der Waals surface area contributed by atoms with Crippen molar-refractivity contribution in [1.29, 1.82) is 0 Å². The number of aromatic hydroxyl groups is 1. The average molecular weight is 313 g/mol. The quantitative estimate of drug-likeness (QED) is 0.849.